The highest BCUT2D eigenvalue weighted by atomic mass is 32.2. The van der Waals surface area contributed by atoms with Crippen molar-refractivity contribution in [2.45, 2.75) is 31.5 Å². The van der Waals surface area contributed by atoms with Crippen LogP contribution in [0, 0.1) is 0 Å². The van der Waals surface area contributed by atoms with Crippen molar-refractivity contribution in [2.24, 2.45) is 0 Å². The van der Waals surface area contributed by atoms with Gasteiger partial charge in [0, 0.05) is 15.9 Å². The van der Waals surface area contributed by atoms with E-state index in [1.165, 1.54) is 4.90 Å². The average molecular weight is 294 g/mol. The van der Waals surface area contributed by atoms with E-state index in [9.17, 15) is 0 Å². The zero-order valence-corrected chi connectivity index (χ0v) is 14.1. The lowest BCUT2D eigenvalue weighted by atomic mass is 10.3. The van der Waals surface area contributed by atoms with E-state index < -0.39 is 8.32 Å². The van der Waals surface area contributed by atoms with Gasteiger partial charge in [-0.3, -0.25) is 0 Å². The topological polar surface area (TPSA) is 18.5 Å². The lowest BCUT2D eigenvalue weighted by molar-refractivity contribution is 0.329. The summed E-state index contributed by atoms with van der Waals surface area (Å²) in [5.74, 6) is 0.898. The van der Waals surface area contributed by atoms with Gasteiger partial charge in [-0.2, -0.15) is 0 Å². The van der Waals surface area contributed by atoms with E-state index in [0.29, 0.717) is 0 Å². The second kappa shape index (κ2) is 7.45. The zero-order chi connectivity index (χ0) is 14.3. The largest absolute Gasteiger partial charge is 0.544 e. The number of benzene rings is 1. The van der Waals surface area contributed by atoms with E-state index in [2.05, 4.69) is 37.2 Å². The molecule has 0 spiro atoms. The Hall–Kier alpha value is -1.13. The van der Waals surface area contributed by atoms with Crippen molar-refractivity contribution in [3.05, 3.63) is 53.3 Å². The van der Waals surface area contributed by atoms with Gasteiger partial charge < -0.3 is 9.16 Å². The van der Waals surface area contributed by atoms with Crippen LogP contribution in [0.4, 0.5) is 0 Å². The fourth-order valence-electron chi connectivity index (χ4n) is 1.38. The average Bonchev–Trinajstić information content (AvgIpc) is 2.34. The van der Waals surface area contributed by atoms with E-state index >= 15 is 0 Å². The molecule has 104 valence electrons. The van der Waals surface area contributed by atoms with Crippen LogP contribution < -0.4 is 0 Å². The van der Waals surface area contributed by atoms with E-state index in [-0.39, 0.29) is 0 Å². The highest BCUT2D eigenvalue weighted by Crippen LogP contribution is 2.25. The first-order valence-electron chi connectivity index (χ1n) is 6.23. The standard InChI is InChI=1S/C15H22O2SSi/c1-13(11-16-2)15(17-19(3,4)5)12-18-14-9-7-6-8-10-14/h6-12H,1-5H3/b13-11+,15-12-. The van der Waals surface area contributed by atoms with Crippen molar-refractivity contribution in [2.75, 3.05) is 7.11 Å². The van der Waals surface area contributed by atoms with Crippen molar-refractivity contribution < 1.29 is 9.16 Å². The molecule has 4 heteroatoms. The molecule has 0 N–H and O–H groups in total. The third-order valence-electron chi connectivity index (χ3n) is 2.14. The lowest BCUT2D eigenvalue weighted by Gasteiger charge is -2.22. The third kappa shape index (κ3) is 6.54. The van der Waals surface area contributed by atoms with Crippen molar-refractivity contribution in [3.63, 3.8) is 0 Å². The summed E-state index contributed by atoms with van der Waals surface area (Å²) >= 11 is 1.66. The second-order valence-electron chi connectivity index (χ2n) is 5.16. The van der Waals surface area contributed by atoms with Crippen LogP contribution in [0.2, 0.25) is 19.6 Å². The molecule has 19 heavy (non-hydrogen) atoms. The van der Waals surface area contributed by atoms with Crippen molar-refractivity contribution in [1.29, 1.82) is 0 Å². The van der Waals surface area contributed by atoms with Crippen LogP contribution >= 0.6 is 11.8 Å². The van der Waals surface area contributed by atoms with E-state index in [1.807, 2.05) is 25.1 Å². The molecule has 0 aliphatic heterocycles. The minimum Gasteiger partial charge on any atom is -0.544 e. The molecule has 2 nitrogen and oxygen atoms in total. The second-order valence-corrected chi connectivity index (χ2v) is 10.5. The number of allylic oxidation sites excluding steroid dienone is 1. The van der Waals surface area contributed by atoms with Gasteiger partial charge in [0.05, 0.1) is 13.4 Å². The lowest BCUT2D eigenvalue weighted by Crippen LogP contribution is -2.25. The Balaban J connectivity index is 2.87. The molecule has 0 heterocycles. The van der Waals surface area contributed by atoms with Crippen molar-refractivity contribution >= 4 is 20.1 Å². The predicted octanol–water partition coefficient (Wildman–Crippen LogP) is 5.02. The molecule has 0 aliphatic rings. The molecular weight excluding hydrogens is 272 g/mol. The Morgan fingerprint density at radius 2 is 1.79 bits per heavy atom. The van der Waals surface area contributed by atoms with Crippen LogP contribution in [-0.2, 0) is 9.16 Å². The summed E-state index contributed by atoms with van der Waals surface area (Å²) in [4.78, 5) is 1.20. The van der Waals surface area contributed by atoms with Gasteiger partial charge in [-0.1, -0.05) is 30.0 Å². The smallest absolute Gasteiger partial charge is 0.242 e. The number of rotatable bonds is 6. The molecule has 0 saturated heterocycles. The van der Waals surface area contributed by atoms with Gasteiger partial charge >= 0.3 is 0 Å². The van der Waals surface area contributed by atoms with Crippen LogP contribution in [0.5, 0.6) is 0 Å². The van der Waals surface area contributed by atoms with Gasteiger partial charge in [0.25, 0.3) is 0 Å². The molecule has 1 aromatic rings. The van der Waals surface area contributed by atoms with Gasteiger partial charge in [-0.15, -0.1) is 0 Å². The minimum absolute atomic E-state index is 0.898. The van der Waals surface area contributed by atoms with Gasteiger partial charge in [0.15, 0.2) is 0 Å². The molecule has 0 aliphatic carbocycles. The first-order chi connectivity index (χ1) is 8.92. The molecule has 1 rings (SSSR count). The number of ether oxygens (including phenoxy) is 1. The molecule has 0 bridgehead atoms. The number of methoxy groups -OCH3 is 1. The van der Waals surface area contributed by atoms with Crippen molar-refractivity contribution in [3.8, 4) is 0 Å². The van der Waals surface area contributed by atoms with E-state index in [1.54, 1.807) is 25.1 Å². The number of hydrogen-bond donors (Lipinski definition) is 0. The van der Waals surface area contributed by atoms with Gasteiger partial charge in [-0.25, -0.2) is 0 Å². The van der Waals surface area contributed by atoms with Gasteiger partial charge in [0.2, 0.25) is 8.32 Å². The third-order valence-corrected chi connectivity index (χ3v) is 3.85. The molecular formula is C15H22O2SSi. The zero-order valence-electron chi connectivity index (χ0n) is 12.3. The minimum atomic E-state index is -1.63. The molecule has 0 saturated carbocycles. The predicted molar refractivity (Wildman–Crippen MR) is 85.6 cm³/mol. The first-order valence-corrected chi connectivity index (χ1v) is 10.5. The van der Waals surface area contributed by atoms with Crippen LogP contribution in [0.25, 0.3) is 0 Å². The summed E-state index contributed by atoms with van der Waals surface area (Å²) < 4.78 is 11.2. The van der Waals surface area contributed by atoms with Gasteiger partial charge in [-0.05, 0) is 38.7 Å². The van der Waals surface area contributed by atoms with Crippen LogP contribution in [-0.4, -0.2) is 15.4 Å². The van der Waals surface area contributed by atoms with E-state index in [4.69, 9.17) is 9.16 Å². The molecule has 0 amide bonds. The summed E-state index contributed by atoms with van der Waals surface area (Å²) in [5.41, 5.74) is 1.01. The Morgan fingerprint density at radius 1 is 1.16 bits per heavy atom. The highest BCUT2D eigenvalue weighted by Gasteiger charge is 2.18. The highest BCUT2D eigenvalue weighted by molar-refractivity contribution is 8.02. The molecule has 0 unspecified atom stereocenters. The summed E-state index contributed by atoms with van der Waals surface area (Å²) in [6.45, 7) is 8.53. The SMILES string of the molecule is CO/C=C(C)/C(=C/Sc1ccccc1)O[Si](C)(C)C. The number of hydrogen-bond acceptors (Lipinski definition) is 3. The summed E-state index contributed by atoms with van der Waals surface area (Å²) in [6, 6.07) is 10.3. The van der Waals surface area contributed by atoms with Gasteiger partial charge in [0.1, 0.15) is 5.76 Å². The summed E-state index contributed by atoms with van der Waals surface area (Å²) in [7, 11) is 0.0245. The molecule has 1 aromatic carbocycles. The maximum absolute atomic E-state index is 6.10. The fraction of sp³-hybridized carbons (Fsp3) is 0.333. The quantitative estimate of drug-likeness (QED) is 0.317. The van der Waals surface area contributed by atoms with Crippen molar-refractivity contribution in [1.82, 2.24) is 0 Å². The fourth-order valence-corrected chi connectivity index (χ4v) is 3.14. The normalized spacial score (nSPS) is 13.3. The Kier molecular flexibility index (Phi) is 6.25. The van der Waals surface area contributed by atoms with Crippen LogP contribution in [0.3, 0.4) is 0 Å². The molecule has 0 aromatic heterocycles. The monoisotopic (exact) mass is 294 g/mol. The molecule has 0 fully saturated rings. The van der Waals surface area contributed by atoms with E-state index in [0.717, 1.165) is 11.3 Å². The molecule has 0 atom stereocenters. The van der Waals surface area contributed by atoms with Crippen LogP contribution in [0.15, 0.2) is 58.2 Å². The molecule has 0 radical (unpaired) electrons. The Bertz CT molecular complexity index is 447. The van der Waals surface area contributed by atoms with Crippen LogP contribution in [0.1, 0.15) is 6.92 Å². The summed E-state index contributed by atoms with van der Waals surface area (Å²) in [6.07, 6.45) is 1.72. The Labute approximate surface area is 121 Å². The Morgan fingerprint density at radius 3 is 2.32 bits per heavy atom. The maximum atomic E-state index is 6.10. The summed E-state index contributed by atoms with van der Waals surface area (Å²) in [5, 5.41) is 2.05. The first kappa shape index (κ1) is 15.9. The maximum Gasteiger partial charge on any atom is 0.242 e. The number of thioether (sulfide) groups is 1.